The maximum atomic E-state index is 10.1. The van der Waals surface area contributed by atoms with Crippen LogP contribution in [0.15, 0.2) is 30.3 Å². The van der Waals surface area contributed by atoms with Crippen LogP contribution in [0, 0.1) is 29.6 Å². The molecule has 0 bridgehead atoms. The van der Waals surface area contributed by atoms with Crippen LogP contribution in [0.4, 0.5) is 0 Å². The van der Waals surface area contributed by atoms with Gasteiger partial charge in [0.2, 0.25) is 0 Å². The quantitative estimate of drug-likeness (QED) is 0.936. The van der Waals surface area contributed by atoms with E-state index in [0.29, 0.717) is 17.5 Å². The molecule has 0 aromatic heterocycles. The number of hydrogen-bond acceptors (Lipinski definition) is 4. The summed E-state index contributed by atoms with van der Waals surface area (Å²) in [5.74, 6) is -0.0862. The second-order valence-electron chi connectivity index (χ2n) is 4.71. The van der Waals surface area contributed by atoms with Crippen molar-refractivity contribution in [1.82, 2.24) is 0 Å². The van der Waals surface area contributed by atoms with Crippen molar-refractivity contribution in [2.75, 3.05) is 7.11 Å². The van der Waals surface area contributed by atoms with E-state index < -0.39 is 0 Å². The van der Waals surface area contributed by atoms with E-state index in [4.69, 9.17) is 4.74 Å². The first-order chi connectivity index (χ1) is 10.1. The average Bonchev–Trinajstić information content (AvgIpc) is 2.50. The molecular weight excluding hydrogens is 264 g/mol. The number of phenols is 1. The minimum Gasteiger partial charge on any atom is -0.503 e. The fraction of sp³-hybridized carbons (Fsp3) is 0.176. The Balaban J connectivity index is 2.57. The first-order valence-electron chi connectivity index (χ1n) is 6.39. The molecule has 0 saturated carbocycles. The van der Waals surface area contributed by atoms with Crippen LogP contribution in [0.3, 0.4) is 0 Å². The van der Waals surface area contributed by atoms with Gasteiger partial charge in [-0.15, -0.1) is 0 Å². The Kier molecular flexibility index (Phi) is 4.11. The maximum absolute atomic E-state index is 10.1. The second-order valence-corrected chi connectivity index (χ2v) is 4.71. The molecule has 0 radical (unpaired) electrons. The lowest BCUT2D eigenvalue weighted by molar-refractivity contribution is 0.372. The Bertz CT molecular complexity index is 750. The SMILES string of the molecule is COc1cc(C#N)c(Cc2ccc(C)cc2)c(C#N)c1O. The molecule has 4 heteroatoms. The molecule has 0 aliphatic heterocycles. The molecule has 0 amide bonds. The van der Waals surface area contributed by atoms with Crippen molar-refractivity contribution in [3.63, 3.8) is 0 Å². The minimum atomic E-state index is -0.221. The van der Waals surface area contributed by atoms with E-state index >= 15 is 0 Å². The molecule has 2 aromatic carbocycles. The maximum Gasteiger partial charge on any atom is 0.176 e. The summed E-state index contributed by atoms with van der Waals surface area (Å²) in [6, 6.07) is 13.3. The number of rotatable bonds is 3. The lowest BCUT2D eigenvalue weighted by atomic mass is 9.94. The molecule has 2 aromatic rings. The van der Waals surface area contributed by atoms with Gasteiger partial charge in [0.05, 0.1) is 18.7 Å². The zero-order valence-electron chi connectivity index (χ0n) is 11.8. The highest BCUT2D eigenvalue weighted by Crippen LogP contribution is 2.35. The Morgan fingerprint density at radius 2 is 1.81 bits per heavy atom. The summed E-state index contributed by atoms with van der Waals surface area (Å²) in [6.45, 7) is 1.99. The Labute approximate surface area is 123 Å². The fourth-order valence-corrected chi connectivity index (χ4v) is 2.16. The monoisotopic (exact) mass is 278 g/mol. The second kappa shape index (κ2) is 5.98. The van der Waals surface area contributed by atoms with Crippen LogP contribution in [0.25, 0.3) is 0 Å². The average molecular weight is 278 g/mol. The number of phenolic OH excluding ortho intramolecular Hbond substituents is 1. The summed E-state index contributed by atoms with van der Waals surface area (Å²) in [7, 11) is 1.39. The number of aromatic hydroxyl groups is 1. The molecule has 0 aliphatic carbocycles. The van der Waals surface area contributed by atoms with Crippen molar-refractivity contribution in [3.8, 4) is 23.6 Å². The molecule has 0 spiro atoms. The number of benzene rings is 2. The smallest absolute Gasteiger partial charge is 0.176 e. The zero-order chi connectivity index (χ0) is 15.4. The zero-order valence-corrected chi connectivity index (χ0v) is 11.8. The first kappa shape index (κ1) is 14.4. The summed E-state index contributed by atoms with van der Waals surface area (Å²) < 4.78 is 5.00. The van der Waals surface area contributed by atoms with Crippen molar-refractivity contribution in [2.45, 2.75) is 13.3 Å². The van der Waals surface area contributed by atoms with Gasteiger partial charge in [-0.05, 0) is 18.1 Å². The summed E-state index contributed by atoms with van der Waals surface area (Å²) >= 11 is 0. The highest BCUT2D eigenvalue weighted by Gasteiger charge is 2.18. The van der Waals surface area contributed by atoms with Crippen LogP contribution in [0.2, 0.25) is 0 Å². The molecule has 4 nitrogen and oxygen atoms in total. The normalized spacial score (nSPS) is 9.71. The summed E-state index contributed by atoms with van der Waals surface area (Å²) in [5.41, 5.74) is 3.05. The van der Waals surface area contributed by atoms with Crippen LogP contribution in [-0.4, -0.2) is 12.2 Å². The Morgan fingerprint density at radius 1 is 1.14 bits per heavy atom. The topological polar surface area (TPSA) is 77.0 Å². The van der Waals surface area contributed by atoms with E-state index in [9.17, 15) is 15.6 Å². The number of nitriles is 2. The van der Waals surface area contributed by atoms with E-state index in [1.807, 2.05) is 37.3 Å². The first-order valence-corrected chi connectivity index (χ1v) is 6.39. The van der Waals surface area contributed by atoms with E-state index in [2.05, 4.69) is 6.07 Å². The molecule has 0 saturated heterocycles. The number of aryl methyl sites for hydroxylation is 1. The largest absolute Gasteiger partial charge is 0.503 e. The van der Waals surface area contributed by atoms with Gasteiger partial charge in [0.15, 0.2) is 11.5 Å². The Hall–Kier alpha value is -2.98. The molecule has 0 unspecified atom stereocenters. The van der Waals surface area contributed by atoms with E-state index in [0.717, 1.165) is 11.1 Å². The van der Waals surface area contributed by atoms with Crippen molar-refractivity contribution >= 4 is 0 Å². The lowest BCUT2D eigenvalue weighted by Crippen LogP contribution is -2.00. The highest BCUT2D eigenvalue weighted by molar-refractivity contribution is 5.62. The fourth-order valence-electron chi connectivity index (χ4n) is 2.16. The molecule has 21 heavy (non-hydrogen) atoms. The number of hydrogen-bond donors (Lipinski definition) is 1. The molecule has 1 N–H and O–H groups in total. The number of ether oxygens (including phenoxy) is 1. The Morgan fingerprint density at radius 3 is 2.33 bits per heavy atom. The lowest BCUT2D eigenvalue weighted by Gasteiger charge is -2.12. The van der Waals surface area contributed by atoms with Crippen LogP contribution in [-0.2, 0) is 6.42 Å². The summed E-state index contributed by atoms with van der Waals surface area (Å²) in [5, 5.41) is 28.6. The van der Waals surface area contributed by atoms with Crippen molar-refractivity contribution < 1.29 is 9.84 Å². The van der Waals surface area contributed by atoms with Gasteiger partial charge in [0.1, 0.15) is 11.6 Å². The minimum absolute atomic E-state index is 0.0893. The third-order valence-electron chi connectivity index (χ3n) is 3.33. The summed E-state index contributed by atoms with van der Waals surface area (Å²) in [6.07, 6.45) is 0.406. The van der Waals surface area contributed by atoms with Crippen LogP contribution in [0.1, 0.15) is 27.8 Å². The highest BCUT2D eigenvalue weighted by atomic mass is 16.5. The van der Waals surface area contributed by atoms with Crippen molar-refractivity contribution in [1.29, 1.82) is 10.5 Å². The molecule has 2 rings (SSSR count). The molecule has 0 heterocycles. The van der Waals surface area contributed by atoms with Gasteiger partial charge in [-0.1, -0.05) is 29.8 Å². The summed E-state index contributed by atoms with van der Waals surface area (Å²) in [4.78, 5) is 0. The van der Waals surface area contributed by atoms with Gasteiger partial charge in [-0.3, -0.25) is 0 Å². The predicted molar refractivity (Wildman–Crippen MR) is 78.1 cm³/mol. The van der Waals surface area contributed by atoms with E-state index in [1.165, 1.54) is 13.2 Å². The van der Waals surface area contributed by atoms with Gasteiger partial charge < -0.3 is 9.84 Å². The van der Waals surface area contributed by atoms with Crippen molar-refractivity contribution in [2.24, 2.45) is 0 Å². The molecular formula is C17H14N2O2. The van der Waals surface area contributed by atoms with Crippen LogP contribution < -0.4 is 4.74 Å². The molecule has 0 aliphatic rings. The third kappa shape index (κ3) is 2.80. The van der Waals surface area contributed by atoms with Gasteiger partial charge in [0.25, 0.3) is 0 Å². The molecule has 104 valence electrons. The van der Waals surface area contributed by atoms with E-state index in [1.54, 1.807) is 0 Å². The van der Waals surface area contributed by atoms with Gasteiger partial charge in [0, 0.05) is 12.5 Å². The number of methoxy groups -OCH3 is 1. The standard InChI is InChI=1S/C17H14N2O2/c1-11-3-5-12(6-4-11)7-14-13(9-18)8-16(21-2)17(20)15(14)10-19/h3-6,8,20H,7H2,1-2H3. The third-order valence-corrected chi connectivity index (χ3v) is 3.33. The van der Waals surface area contributed by atoms with Gasteiger partial charge in [-0.25, -0.2) is 0 Å². The van der Waals surface area contributed by atoms with E-state index in [-0.39, 0.29) is 17.1 Å². The predicted octanol–water partition coefficient (Wildman–Crippen LogP) is 3.04. The van der Waals surface area contributed by atoms with Crippen molar-refractivity contribution in [3.05, 3.63) is 58.1 Å². The van der Waals surface area contributed by atoms with Crippen LogP contribution in [0.5, 0.6) is 11.5 Å². The van der Waals surface area contributed by atoms with Gasteiger partial charge >= 0.3 is 0 Å². The van der Waals surface area contributed by atoms with Crippen LogP contribution >= 0.6 is 0 Å². The number of nitrogens with zero attached hydrogens (tertiary/aromatic N) is 2. The molecule has 0 fully saturated rings. The van der Waals surface area contributed by atoms with Gasteiger partial charge in [-0.2, -0.15) is 10.5 Å². The molecule has 0 atom stereocenters.